The molecule has 0 aliphatic rings. The average Bonchev–Trinajstić information content (AvgIpc) is 2.73. The van der Waals surface area contributed by atoms with Crippen LogP contribution in [-0.4, -0.2) is 66.5 Å². The highest BCUT2D eigenvalue weighted by Crippen LogP contribution is 2.50. The number of benzene rings is 1. The molecule has 0 amide bonds. The number of methoxy groups -OCH3 is 2. The van der Waals surface area contributed by atoms with Crippen LogP contribution in [0, 0.1) is 0 Å². The molecule has 12 nitrogen and oxygen atoms in total. The smallest absolute Gasteiger partial charge is 0.432 e. The number of phosphoric acid groups is 1. The first-order valence-corrected chi connectivity index (χ1v) is 10.1. The van der Waals surface area contributed by atoms with Crippen LogP contribution in [0.5, 0.6) is 0 Å². The maximum absolute atomic E-state index is 12.7. The van der Waals surface area contributed by atoms with E-state index in [1.807, 2.05) is 0 Å². The molecule has 1 aromatic carbocycles. The number of hydrogen-bond donors (Lipinski definition) is 0. The van der Waals surface area contributed by atoms with Crippen LogP contribution in [-0.2, 0) is 53.2 Å². The van der Waals surface area contributed by atoms with Crippen LogP contribution in [0.15, 0.2) is 30.3 Å². The summed E-state index contributed by atoms with van der Waals surface area (Å²) >= 11 is 0. The quantitative estimate of drug-likeness (QED) is 0.168. The first-order chi connectivity index (χ1) is 14.5. The molecule has 0 spiro atoms. The molecule has 1 rings (SSSR count). The van der Waals surface area contributed by atoms with E-state index in [1.165, 1.54) is 14.2 Å². The molecule has 0 aliphatic heterocycles. The van der Waals surface area contributed by atoms with Crippen molar-refractivity contribution in [2.24, 2.45) is 0 Å². The predicted octanol–water partition coefficient (Wildman–Crippen LogP) is 2.86. The van der Waals surface area contributed by atoms with Gasteiger partial charge < -0.3 is 28.4 Å². The van der Waals surface area contributed by atoms with Gasteiger partial charge in [0.05, 0.1) is 19.8 Å². The molecular formula is C17H25O12P. The van der Waals surface area contributed by atoms with Crippen molar-refractivity contribution in [2.75, 3.05) is 54.2 Å². The van der Waals surface area contributed by atoms with Crippen molar-refractivity contribution in [2.45, 2.75) is 6.61 Å². The summed E-state index contributed by atoms with van der Waals surface area (Å²) in [5.74, 6) is 0. The zero-order valence-corrected chi connectivity index (χ0v) is 17.6. The van der Waals surface area contributed by atoms with E-state index in [4.69, 9.17) is 23.0 Å². The van der Waals surface area contributed by atoms with Crippen molar-refractivity contribution < 1.29 is 56.1 Å². The zero-order valence-electron chi connectivity index (χ0n) is 16.7. The van der Waals surface area contributed by atoms with Gasteiger partial charge >= 0.3 is 20.1 Å². The van der Waals surface area contributed by atoms with Gasteiger partial charge in [0, 0.05) is 14.2 Å². The minimum atomic E-state index is -4.28. The number of hydrogen-bond acceptors (Lipinski definition) is 12. The number of carbonyl (C=O) groups excluding carboxylic acids is 2. The van der Waals surface area contributed by atoms with Gasteiger partial charge in [-0.05, 0) is 5.56 Å². The number of ether oxygens (including phenoxy) is 6. The molecule has 0 radical (unpaired) electrons. The van der Waals surface area contributed by atoms with Gasteiger partial charge in [0.2, 0.25) is 13.6 Å². The Balaban J connectivity index is 2.50. The summed E-state index contributed by atoms with van der Waals surface area (Å²) in [6.45, 7) is -1.45. The van der Waals surface area contributed by atoms with Gasteiger partial charge in [-0.3, -0.25) is 4.52 Å². The van der Waals surface area contributed by atoms with Gasteiger partial charge in [-0.1, -0.05) is 30.3 Å². The molecule has 0 saturated carbocycles. The Morgan fingerprint density at radius 3 is 1.70 bits per heavy atom. The SMILES string of the molecule is COCCOC(=O)OCOP(=O)(OCOC(=O)OCCOC)OCc1ccccc1. The van der Waals surface area contributed by atoms with Crippen LogP contribution in [0.25, 0.3) is 0 Å². The maximum Gasteiger partial charge on any atom is 0.510 e. The maximum atomic E-state index is 12.7. The summed E-state index contributed by atoms with van der Waals surface area (Å²) in [4.78, 5) is 22.7. The molecule has 0 saturated heterocycles. The first-order valence-electron chi connectivity index (χ1n) is 8.63. The van der Waals surface area contributed by atoms with Gasteiger partial charge in [0.15, 0.2) is 0 Å². The Labute approximate surface area is 173 Å². The molecular weight excluding hydrogens is 427 g/mol. The lowest BCUT2D eigenvalue weighted by molar-refractivity contribution is -0.0433. The molecule has 170 valence electrons. The van der Waals surface area contributed by atoms with E-state index in [-0.39, 0.29) is 33.0 Å². The highest BCUT2D eigenvalue weighted by Gasteiger charge is 2.29. The Kier molecular flexibility index (Phi) is 13.4. The summed E-state index contributed by atoms with van der Waals surface area (Å²) in [5.41, 5.74) is 0.671. The van der Waals surface area contributed by atoms with Gasteiger partial charge in [-0.2, -0.15) is 0 Å². The highest BCUT2D eigenvalue weighted by molar-refractivity contribution is 7.48. The minimum Gasteiger partial charge on any atom is -0.432 e. The lowest BCUT2D eigenvalue weighted by Crippen LogP contribution is -2.15. The van der Waals surface area contributed by atoms with Crippen molar-refractivity contribution in [1.29, 1.82) is 0 Å². The van der Waals surface area contributed by atoms with Crippen molar-refractivity contribution in [1.82, 2.24) is 0 Å². The number of carbonyl (C=O) groups is 2. The molecule has 0 atom stereocenters. The third-order valence-electron chi connectivity index (χ3n) is 3.02. The first kappa shape index (κ1) is 25.8. The van der Waals surface area contributed by atoms with Gasteiger partial charge in [0.1, 0.15) is 13.2 Å². The highest BCUT2D eigenvalue weighted by atomic mass is 31.2. The van der Waals surface area contributed by atoms with E-state index in [0.717, 1.165) is 0 Å². The largest absolute Gasteiger partial charge is 0.510 e. The zero-order chi connectivity index (χ0) is 22.1. The Hall–Kier alpha value is -2.21. The molecule has 0 fully saturated rings. The third-order valence-corrected chi connectivity index (χ3v) is 4.31. The van der Waals surface area contributed by atoms with Crippen molar-refractivity contribution in [3.8, 4) is 0 Å². The fourth-order valence-electron chi connectivity index (χ4n) is 1.62. The topological polar surface area (TPSA) is 134 Å². The molecule has 0 aliphatic carbocycles. The van der Waals surface area contributed by atoms with Crippen LogP contribution in [0.4, 0.5) is 9.59 Å². The van der Waals surface area contributed by atoms with Crippen LogP contribution < -0.4 is 0 Å². The molecule has 0 unspecified atom stereocenters. The minimum absolute atomic E-state index is 0.0347. The van der Waals surface area contributed by atoms with Crippen LogP contribution in [0.2, 0.25) is 0 Å². The van der Waals surface area contributed by atoms with Crippen LogP contribution in [0.1, 0.15) is 5.56 Å². The molecule has 0 bridgehead atoms. The molecule has 13 heteroatoms. The Bertz CT molecular complexity index is 621. The third kappa shape index (κ3) is 12.4. The summed E-state index contributed by atoms with van der Waals surface area (Å²) in [6, 6.07) is 8.74. The summed E-state index contributed by atoms with van der Waals surface area (Å²) in [6.07, 6.45) is -2.14. The van der Waals surface area contributed by atoms with Crippen LogP contribution >= 0.6 is 7.82 Å². The Morgan fingerprint density at radius 2 is 1.23 bits per heavy atom. The Morgan fingerprint density at radius 1 is 0.733 bits per heavy atom. The van der Waals surface area contributed by atoms with Crippen molar-refractivity contribution in [3.05, 3.63) is 35.9 Å². The monoisotopic (exact) mass is 452 g/mol. The summed E-state index contributed by atoms with van der Waals surface area (Å²) < 4.78 is 55.7. The van der Waals surface area contributed by atoms with E-state index >= 15 is 0 Å². The van der Waals surface area contributed by atoms with Crippen molar-refractivity contribution >= 4 is 20.1 Å². The lowest BCUT2D eigenvalue weighted by atomic mass is 10.2. The van der Waals surface area contributed by atoms with Crippen LogP contribution in [0.3, 0.4) is 0 Å². The second-order valence-electron chi connectivity index (χ2n) is 5.17. The fraction of sp³-hybridized carbons (Fsp3) is 0.529. The van der Waals surface area contributed by atoms with E-state index in [9.17, 15) is 14.2 Å². The van der Waals surface area contributed by atoms with E-state index in [2.05, 4.69) is 18.9 Å². The molecule has 0 aromatic heterocycles. The predicted molar refractivity (Wildman–Crippen MR) is 99.4 cm³/mol. The van der Waals surface area contributed by atoms with Gasteiger partial charge in [-0.25, -0.2) is 23.2 Å². The molecule has 0 N–H and O–H groups in total. The molecule has 1 aromatic rings. The van der Waals surface area contributed by atoms with Gasteiger partial charge in [0.25, 0.3) is 0 Å². The summed E-state index contributed by atoms with van der Waals surface area (Å²) in [7, 11) is -1.40. The second-order valence-corrected chi connectivity index (χ2v) is 6.84. The second kappa shape index (κ2) is 15.6. The van der Waals surface area contributed by atoms with Gasteiger partial charge in [-0.15, -0.1) is 0 Å². The number of rotatable bonds is 15. The van der Waals surface area contributed by atoms with E-state index in [1.54, 1.807) is 30.3 Å². The normalized spacial score (nSPS) is 11.0. The lowest BCUT2D eigenvalue weighted by Gasteiger charge is -2.17. The standard InChI is InChI=1S/C17H25O12P/c1-21-8-10-23-16(18)25-13-28-30(20,27-12-15-6-4-3-5-7-15)29-14-26-17(19)24-11-9-22-2/h3-7H,8-14H2,1-2H3. The van der Waals surface area contributed by atoms with E-state index < -0.39 is 33.7 Å². The number of phosphoric ester groups is 1. The summed E-state index contributed by atoms with van der Waals surface area (Å²) in [5, 5.41) is 0. The average molecular weight is 452 g/mol. The fourth-order valence-corrected chi connectivity index (χ4v) is 2.51. The molecule has 0 heterocycles. The van der Waals surface area contributed by atoms with Crippen molar-refractivity contribution in [3.63, 3.8) is 0 Å². The molecule has 30 heavy (non-hydrogen) atoms. The van der Waals surface area contributed by atoms with E-state index in [0.29, 0.717) is 5.56 Å².